The summed E-state index contributed by atoms with van der Waals surface area (Å²) < 4.78 is 49.5. The average molecular weight is 877 g/mol. The minimum absolute atomic E-state index is 0.00813. The second-order valence-electron chi connectivity index (χ2n) is 15.7. The van der Waals surface area contributed by atoms with Crippen LogP contribution in [0, 0.1) is 11.3 Å². The molecule has 0 amide bonds. The van der Waals surface area contributed by atoms with E-state index in [0.717, 1.165) is 22.3 Å². The van der Waals surface area contributed by atoms with E-state index in [0.29, 0.717) is 17.2 Å². The van der Waals surface area contributed by atoms with Crippen molar-refractivity contribution in [3.8, 4) is 17.6 Å². The van der Waals surface area contributed by atoms with Crippen LogP contribution < -0.4 is 15.2 Å². The second kappa shape index (κ2) is 22.4. The molecule has 5 atom stereocenters. The van der Waals surface area contributed by atoms with Gasteiger partial charge in [-0.15, -0.1) is 0 Å². The zero-order valence-electron chi connectivity index (χ0n) is 37.0. The van der Waals surface area contributed by atoms with Gasteiger partial charge in [0, 0.05) is 24.7 Å². The molecule has 1 aliphatic heterocycles. The molecule has 0 N–H and O–H groups in total. The molecule has 6 rings (SSSR count). The van der Waals surface area contributed by atoms with Crippen LogP contribution in [-0.2, 0) is 46.7 Å². The normalized spacial score (nSPS) is 18.1. The topological polar surface area (TPSA) is 144 Å². The van der Waals surface area contributed by atoms with Gasteiger partial charge in [-0.3, -0.25) is 9.36 Å². The molecule has 332 valence electrons. The molecule has 1 unspecified atom stereocenters. The Hall–Kier alpha value is -5.29. The Morgan fingerprint density at radius 2 is 1.41 bits per heavy atom. The minimum atomic E-state index is -1.84. The number of benzene rings is 4. The summed E-state index contributed by atoms with van der Waals surface area (Å²) in [5.74, 6) is 1.25. The van der Waals surface area contributed by atoms with E-state index in [4.69, 9.17) is 32.7 Å². The van der Waals surface area contributed by atoms with Gasteiger partial charge in [-0.2, -0.15) is 10.2 Å². The lowest BCUT2D eigenvalue weighted by Gasteiger charge is -2.39. The maximum absolute atomic E-state index is 14.0. The van der Waals surface area contributed by atoms with Crippen molar-refractivity contribution in [2.45, 2.75) is 96.3 Å². The van der Waals surface area contributed by atoms with Crippen molar-refractivity contribution in [3.63, 3.8) is 0 Å². The number of hydrogen-bond donors (Lipinski definition) is 0. The number of hydrogen-bond acceptors (Lipinski definition) is 12. The second-order valence-corrected chi connectivity index (χ2v) is 17.2. The van der Waals surface area contributed by atoms with Crippen LogP contribution in [0.2, 0.25) is 0 Å². The molecule has 13 nitrogen and oxygen atoms in total. The Bertz CT molecular complexity index is 2250. The quantitative estimate of drug-likeness (QED) is 0.0374. The van der Waals surface area contributed by atoms with Crippen LogP contribution in [0.15, 0.2) is 126 Å². The van der Waals surface area contributed by atoms with E-state index < -0.39 is 44.4 Å². The Kier molecular flexibility index (Phi) is 16.8. The molecule has 0 aliphatic carbocycles. The summed E-state index contributed by atoms with van der Waals surface area (Å²) in [6.45, 7) is 9.96. The van der Waals surface area contributed by atoms with Gasteiger partial charge in [-0.05, 0) is 87.2 Å². The molecule has 1 saturated heterocycles. The highest BCUT2D eigenvalue weighted by molar-refractivity contribution is 7.44. The zero-order valence-corrected chi connectivity index (χ0v) is 37.9. The first-order valence-corrected chi connectivity index (χ1v) is 22.2. The SMILES string of the molecule is COc1ccc(C(OC[C@H]2O[C@@H](n3ccc(CC(C)=O)nc3=O)[C@H](OCc3ccccc3)[C@@H]2OP(OCCC#N)N(C(C)C)C(C)C)(c2ccccc2)c2ccc(OC)cc2)cc1. The van der Waals surface area contributed by atoms with Gasteiger partial charge in [0.25, 0.3) is 8.53 Å². The number of carbonyl (C=O) groups is 1. The van der Waals surface area contributed by atoms with E-state index in [1.165, 1.54) is 11.5 Å². The number of methoxy groups -OCH3 is 2. The van der Waals surface area contributed by atoms with Crippen LogP contribution in [0.3, 0.4) is 0 Å². The molecule has 0 bridgehead atoms. The monoisotopic (exact) mass is 876 g/mol. The molecule has 1 fully saturated rings. The Morgan fingerprint density at radius 3 is 1.94 bits per heavy atom. The lowest BCUT2D eigenvalue weighted by molar-refractivity contribution is -0.116. The molecule has 4 aromatic carbocycles. The van der Waals surface area contributed by atoms with Crippen LogP contribution in [0.25, 0.3) is 0 Å². The first kappa shape index (κ1) is 47.2. The van der Waals surface area contributed by atoms with Crippen LogP contribution in [0.1, 0.15) is 75.2 Å². The van der Waals surface area contributed by atoms with Gasteiger partial charge in [0.15, 0.2) is 6.23 Å². The third kappa shape index (κ3) is 11.5. The number of rotatable bonds is 22. The van der Waals surface area contributed by atoms with Gasteiger partial charge in [0.05, 0.1) is 52.2 Å². The predicted octanol–water partition coefficient (Wildman–Crippen LogP) is 8.54. The number of nitrogens with zero attached hydrogens (tertiary/aromatic N) is 4. The van der Waals surface area contributed by atoms with Gasteiger partial charge in [0.2, 0.25) is 0 Å². The highest BCUT2D eigenvalue weighted by Crippen LogP contribution is 2.51. The maximum Gasteiger partial charge on any atom is 0.350 e. The molecule has 0 saturated carbocycles. The maximum atomic E-state index is 14.0. The summed E-state index contributed by atoms with van der Waals surface area (Å²) in [5.41, 5.74) is 1.91. The first-order valence-electron chi connectivity index (χ1n) is 21.1. The van der Waals surface area contributed by atoms with E-state index >= 15 is 0 Å². The van der Waals surface area contributed by atoms with Crippen molar-refractivity contribution in [2.24, 2.45) is 0 Å². The van der Waals surface area contributed by atoms with E-state index in [1.54, 1.807) is 26.5 Å². The van der Waals surface area contributed by atoms with E-state index in [2.05, 4.69) is 43.4 Å². The van der Waals surface area contributed by atoms with Gasteiger partial charge >= 0.3 is 5.69 Å². The van der Waals surface area contributed by atoms with Crippen molar-refractivity contribution in [3.05, 3.63) is 160 Å². The lowest BCUT2D eigenvalue weighted by Crippen LogP contribution is -2.43. The zero-order chi connectivity index (χ0) is 44.9. The number of ether oxygens (including phenoxy) is 5. The smallest absolute Gasteiger partial charge is 0.350 e. The molecule has 0 spiro atoms. The van der Waals surface area contributed by atoms with E-state index in [1.807, 2.05) is 109 Å². The third-order valence-electron chi connectivity index (χ3n) is 10.7. The fourth-order valence-corrected chi connectivity index (χ4v) is 9.58. The Morgan fingerprint density at radius 1 is 0.841 bits per heavy atom. The third-order valence-corrected chi connectivity index (χ3v) is 12.8. The number of ketones is 1. The number of nitriles is 1. The first-order chi connectivity index (χ1) is 30.5. The average Bonchev–Trinajstić information content (AvgIpc) is 3.62. The van der Waals surface area contributed by atoms with Gasteiger partial charge in [-0.1, -0.05) is 84.9 Å². The summed E-state index contributed by atoms with van der Waals surface area (Å²) >= 11 is 0. The largest absolute Gasteiger partial charge is 0.497 e. The molecule has 5 aromatic rings. The Balaban J connectivity index is 1.51. The summed E-state index contributed by atoms with van der Waals surface area (Å²) in [6.07, 6.45) is -1.96. The molecule has 0 radical (unpaired) electrons. The molecule has 2 heterocycles. The molecular weight excluding hydrogens is 820 g/mol. The molecule has 1 aliphatic rings. The summed E-state index contributed by atoms with van der Waals surface area (Å²) in [6, 6.07) is 39.0. The molecular formula is C49H57N4O9P. The molecule has 1 aromatic heterocycles. The summed E-state index contributed by atoms with van der Waals surface area (Å²) in [5, 5.41) is 9.52. The van der Waals surface area contributed by atoms with Gasteiger partial charge in [0.1, 0.15) is 41.2 Å². The van der Waals surface area contributed by atoms with Crippen LogP contribution in [0.5, 0.6) is 11.5 Å². The summed E-state index contributed by atoms with van der Waals surface area (Å²) in [4.78, 5) is 30.3. The number of Topliss-reactive ketones (excluding diaryl/α,β-unsaturated/α-hetero) is 1. The van der Waals surface area contributed by atoms with Crippen molar-refractivity contribution in [2.75, 3.05) is 27.4 Å². The fraction of sp³-hybridized carbons (Fsp3) is 0.388. The van der Waals surface area contributed by atoms with Gasteiger partial charge < -0.3 is 32.7 Å². The van der Waals surface area contributed by atoms with Crippen molar-refractivity contribution in [1.82, 2.24) is 14.2 Å². The highest BCUT2D eigenvalue weighted by Gasteiger charge is 2.51. The minimum Gasteiger partial charge on any atom is -0.497 e. The van der Waals surface area contributed by atoms with Crippen LogP contribution in [0.4, 0.5) is 0 Å². The van der Waals surface area contributed by atoms with Crippen molar-refractivity contribution in [1.29, 1.82) is 5.26 Å². The lowest BCUT2D eigenvalue weighted by atomic mass is 9.80. The van der Waals surface area contributed by atoms with Crippen LogP contribution >= 0.6 is 8.53 Å². The van der Waals surface area contributed by atoms with E-state index in [-0.39, 0.29) is 50.5 Å². The highest BCUT2D eigenvalue weighted by atomic mass is 31.2. The fourth-order valence-electron chi connectivity index (χ4n) is 7.81. The van der Waals surface area contributed by atoms with Crippen LogP contribution in [-0.4, -0.2) is 77.8 Å². The van der Waals surface area contributed by atoms with Crippen molar-refractivity contribution >= 4 is 14.3 Å². The molecule has 14 heteroatoms. The van der Waals surface area contributed by atoms with Crippen molar-refractivity contribution < 1.29 is 37.5 Å². The summed E-state index contributed by atoms with van der Waals surface area (Å²) in [7, 11) is 1.41. The number of carbonyl (C=O) groups excluding carboxylic acids is 1. The molecule has 63 heavy (non-hydrogen) atoms. The predicted molar refractivity (Wildman–Crippen MR) is 240 cm³/mol. The Labute approximate surface area is 371 Å². The standard InChI is InChI=1S/C49H57N4O9P/c1-34(2)53(35(3)4)63(60-30-14-28-50)62-45-44(61-47(46(45)58-32-37-15-10-8-11-16-37)52-29-27-41(31-36(5)54)51-48(52)55)33-59-49(38-17-12-9-13-18-38,39-19-23-42(56-6)24-20-39)40-21-25-43(57-7)26-22-40/h8-13,15-27,29,34-35,44-47H,14,30-33H2,1-7H3/t44-,45-,46-,47-,63?/m1/s1. The van der Waals surface area contributed by atoms with Gasteiger partial charge in [-0.25, -0.2) is 9.46 Å². The number of aromatic nitrogens is 2. The van der Waals surface area contributed by atoms with E-state index in [9.17, 15) is 14.9 Å².